The summed E-state index contributed by atoms with van der Waals surface area (Å²) < 4.78 is 28.4. The van der Waals surface area contributed by atoms with E-state index in [1.165, 1.54) is 6.26 Å². The molecule has 0 spiro atoms. The van der Waals surface area contributed by atoms with Crippen LogP contribution in [0.2, 0.25) is 0 Å². The summed E-state index contributed by atoms with van der Waals surface area (Å²) in [5.74, 6) is 0.632. The highest BCUT2D eigenvalue weighted by molar-refractivity contribution is 7.90. The van der Waals surface area contributed by atoms with E-state index < -0.39 is 9.84 Å². The van der Waals surface area contributed by atoms with Crippen molar-refractivity contribution in [3.63, 3.8) is 0 Å². The summed E-state index contributed by atoms with van der Waals surface area (Å²) in [6.07, 6.45) is 1.07. The standard InChI is InChI=1S/C13H21NO3S/c1-13(2,3)12(9-14)17-10-5-7-11(8-6-10)18(4,15)16/h5-8,12H,9,14H2,1-4H3. The predicted octanol–water partition coefficient (Wildman–Crippen LogP) is 1.84. The fourth-order valence-corrected chi connectivity index (χ4v) is 2.14. The van der Waals surface area contributed by atoms with Gasteiger partial charge in [0, 0.05) is 18.2 Å². The maximum Gasteiger partial charge on any atom is 0.175 e. The van der Waals surface area contributed by atoms with Crippen LogP contribution in [0.15, 0.2) is 29.2 Å². The van der Waals surface area contributed by atoms with Crippen LogP contribution in [0.4, 0.5) is 0 Å². The fourth-order valence-electron chi connectivity index (χ4n) is 1.51. The van der Waals surface area contributed by atoms with E-state index in [0.717, 1.165) is 0 Å². The first kappa shape index (κ1) is 15.0. The molecule has 18 heavy (non-hydrogen) atoms. The van der Waals surface area contributed by atoms with Crippen molar-refractivity contribution < 1.29 is 13.2 Å². The Morgan fingerprint density at radius 3 is 2.06 bits per heavy atom. The summed E-state index contributed by atoms with van der Waals surface area (Å²) in [4.78, 5) is 0.287. The third-order valence-corrected chi connectivity index (χ3v) is 3.84. The van der Waals surface area contributed by atoms with Crippen LogP contribution < -0.4 is 10.5 Å². The first-order chi connectivity index (χ1) is 8.14. The lowest BCUT2D eigenvalue weighted by Crippen LogP contribution is -2.38. The van der Waals surface area contributed by atoms with E-state index in [2.05, 4.69) is 20.8 Å². The topological polar surface area (TPSA) is 69.4 Å². The highest BCUT2D eigenvalue weighted by Crippen LogP contribution is 2.25. The van der Waals surface area contributed by atoms with Crippen LogP contribution in [0.1, 0.15) is 20.8 Å². The Morgan fingerprint density at radius 2 is 1.72 bits per heavy atom. The molecule has 0 aliphatic carbocycles. The SMILES string of the molecule is CC(C)(C)C(CN)Oc1ccc(S(C)(=O)=O)cc1. The van der Waals surface area contributed by atoms with Crippen molar-refractivity contribution >= 4 is 9.84 Å². The van der Waals surface area contributed by atoms with Crippen LogP contribution in [-0.4, -0.2) is 27.3 Å². The molecule has 1 unspecified atom stereocenters. The third-order valence-electron chi connectivity index (χ3n) is 2.71. The number of rotatable bonds is 4. The average molecular weight is 271 g/mol. The number of nitrogens with two attached hydrogens (primary N) is 1. The minimum Gasteiger partial charge on any atom is -0.489 e. The summed E-state index contributed by atoms with van der Waals surface area (Å²) in [6, 6.07) is 6.40. The Bertz CT molecular complexity index is 486. The van der Waals surface area contributed by atoms with E-state index >= 15 is 0 Å². The van der Waals surface area contributed by atoms with Crippen molar-refractivity contribution in [3.05, 3.63) is 24.3 Å². The van der Waals surface area contributed by atoms with Crippen LogP contribution in [0.5, 0.6) is 5.75 Å². The molecule has 2 N–H and O–H groups in total. The lowest BCUT2D eigenvalue weighted by Gasteiger charge is -2.30. The largest absolute Gasteiger partial charge is 0.489 e. The van der Waals surface area contributed by atoms with Crippen molar-refractivity contribution in [2.24, 2.45) is 11.1 Å². The first-order valence-corrected chi connectivity index (χ1v) is 7.70. The van der Waals surface area contributed by atoms with Crippen LogP contribution in [0, 0.1) is 5.41 Å². The van der Waals surface area contributed by atoms with Gasteiger partial charge in [0.05, 0.1) is 4.90 Å². The zero-order valence-corrected chi connectivity index (χ0v) is 12.1. The molecule has 102 valence electrons. The van der Waals surface area contributed by atoms with E-state index in [0.29, 0.717) is 12.3 Å². The van der Waals surface area contributed by atoms with Crippen LogP contribution in [-0.2, 0) is 9.84 Å². The molecule has 4 nitrogen and oxygen atoms in total. The van der Waals surface area contributed by atoms with Crippen molar-refractivity contribution in [2.75, 3.05) is 12.8 Å². The van der Waals surface area contributed by atoms with Crippen molar-refractivity contribution in [3.8, 4) is 5.75 Å². The molecule has 0 heterocycles. The van der Waals surface area contributed by atoms with Crippen LogP contribution >= 0.6 is 0 Å². The molecule has 0 bridgehead atoms. The summed E-state index contributed by atoms with van der Waals surface area (Å²) >= 11 is 0. The molecular formula is C13H21NO3S. The quantitative estimate of drug-likeness (QED) is 0.907. The molecule has 0 fully saturated rings. The zero-order chi connectivity index (χ0) is 14.0. The molecule has 0 saturated heterocycles. The smallest absolute Gasteiger partial charge is 0.175 e. The van der Waals surface area contributed by atoms with Gasteiger partial charge >= 0.3 is 0 Å². The molecular weight excluding hydrogens is 250 g/mol. The van der Waals surface area contributed by atoms with Gasteiger partial charge in [-0.1, -0.05) is 20.8 Å². The normalized spacial score (nSPS) is 14.3. The van der Waals surface area contributed by atoms with E-state index in [1.54, 1.807) is 24.3 Å². The monoisotopic (exact) mass is 271 g/mol. The van der Waals surface area contributed by atoms with Gasteiger partial charge in [0.15, 0.2) is 9.84 Å². The maximum absolute atomic E-state index is 11.3. The lowest BCUT2D eigenvalue weighted by atomic mass is 9.89. The van der Waals surface area contributed by atoms with Crippen LogP contribution in [0.25, 0.3) is 0 Å². The molecule has 0 amide bonds. The highest BCUT2D eigenvalue weighted by atomic mass is 32.2. The molecule has 0 aliphatic rings. The van der Waals surface area contributed by atoms with Gasteiger partial charge in [0.1, 0.15) is 11.9 Å². The van der Waals surface area contributed by atoms with Gasteiger partial charge in [0.25, 0.3) is 0 Å². The molecule has 5 heteroatoms. The van der Waals surface area contributed by atoms with Gasteiger partial charge in [-0.25, -0.2) is 8.42 Å². The number of ether oxygens (including phenoxy) is 1. The summed E-state index contributed by atoms with van der Waals surface area (Å²) in [6.45, 7) is 6.57. The summed E-state index contributed by atoms with van der Waals surface area (Å²) in [7, 11) is -3.16. The Morgan fingerprint density at radius 1 is 1.22 bits per heavy atom. The van der Waals surface area contributed by atoms with E-state index in [1.807, 2.05) is 0 Å². The Kier molecular flexibility index (Phi) is 4.40. The number of benzene rings is 1. The van der Waals surface area contributed by atoms with Gasteiger partial charge in [-0.3, -0.25) is 0 Å². The van der Waals surface area contributed by atoms with E-state index in [4.69, 9.17) is 10.5 Å². The molecule has 1 aromatic rings. The minimum absolute atomic E-state index is 0.0652. The highest BCUT2D eigenvalue weighted by Gasteiger charge is 2.25. The van der Waals surface area contributed by atoms with Gasteiger partial charge in [-0.05, 0) is 24.3 Å². The fraction of sp³-hybridized carbons (Fsp3) is 0.538. The average Bonchev–Trinajstić information content (AvgIpc) is 2.23. The number of hydrogen-bond donors (Lipinski definition) is 1. The van der Waals surface area contributed by atoms with E-state index in [-0.39, 0.29) is 16.4 Å². The second-order valence-corrected chi connectivity index (χ2v) is 7.47. The maximum atomic E-state index is 11.3. The van der Waals surface area contributed by atoms with Gasteiger partial charge in [-0.15, -0.1) is 0 Å². The van der Waals surface area contributed by atoms with Crippen LogP contribution in [0.3, 0.4) is 0 Å². The predicted molar refractivity (Wildman–Crippen MR) is 72.5 cm³/mol. The Labute approximate surface area is 109 Å². The van der Waals surface area contributed by atoms with Gasteiger partial charge in [0.2, 0.25) is 0 Å². The zero-order valence-electron chi connectivity index (χ0n) is 11.3. The molecule has 0 radical (unpaired) electrons. The number of sulfone groups is 1. The molecule has 0 saturated carbocycles. The Balaban J connectivity index is 2.87. The lowest BCUT2D eigenvalue weighted by molar-refractivity contribution is 0.0941. The second-order valence-electron chi connectivity index (χ2n) is 5.45. The van der Waals surface area contributed by atoms with Crippen molar-refractivity contribution in [1.29, 1.82) is 0 Å². The summed E-state index contributed by atoms with van der Waals surface area (Å²) in [5.41, 5.74) is 5.62. The summed E-state index contributed by atoms with van der Waals surface area (Å²) in [5, 5.41) is 0. The van der Waals surface area contributed by atoms with Gasteiger partial charge in [-0.2, -0.15) is 0 Å². The third kappa shape index (κ3) is 3.99. The Hall–Kier alpha value is -1.07. The molecule has 1 rings (SSSR count). The van der Waals surface area contributed by atoms with Gasteiger partial charge < -0.3 is 10.5 Å². The molecule has 1 atom stereocenters. The number of hydrogen-bond acceptors (Lipinski definition) is 4. The second kappa shape index (κ2) is 5.28. The minimum atomic E-state index is -3.16. The molecule has 1 aromatic carbocycles. The molecule has 0 aromatic heterocycles. The van der Waals surface area contributed by atoms with Crippen molar-refractivity contribution in [2.45, 2.75) is 31.8 Å². The molecule has 0 aliphatic heterocycles. The van der Waals surface area contributed by atoms with E-state index in [9.17, 15) is 8.42 Å². The van der Waals surface area contributed by atoms with Crippen molar-refractivity contribution in [1.82, 2.24) is 0 Å². The first-order valence-electron chi connectivity index (χ1n) is 5.81.